The molecule has 4 rings (SSSR count). The molecule has 0 saturated carbocycles. The molecule has 1 aliphatic heterocycles. The first-order chi connectivity index (χ1) is 13.2. The minimum absolute atomic E-state index is 0. The molecule has 1 fully saturated rings. The quantitative estimate of drug-likeness (QED) is 0.707. The van der Waals surface area contributed by atoms with Crippen LogP contribution in [0.15, 0.2) is 34.9 Å². The number of hydrogen-bond donors (Lipinski definition) is 1. The van der Waals surface area contributed by atoms with E-state index >= 15 is 0 Å². The van der Waals surface area contributed by atoms with Gasteiger partial charge in [0.25, 0.3) is 5.91 Å². The normalized spacial score (nSPS) is 14.8. The Morgan fingerprint density at radius 3 is 2.82 bits per heavy atom. The average Bonchev–Trinajstić information content (AvgIpc) is 3.33. The number of para-hydroxylation sites is 1. The van der Waals surface area contributed by atoms with Crippen LogP contribution in [0.3, 0.4) is 0 Å². The Bertz CT molecular complexity index is 945. The van der Waals surface area contributed by atoms with E-state index in [-0.39, 0.29) is 18.3 Å². The number of halogens is 1. The van der Waals surface area contributed by atoms with Gasteiger partial charge < -0.3 is 14.6 Å². The Morgan fingerprint density at radius 1 is 1.32 bits per heavy atom. The number of carbonyl (C=O) groups is 1. The maximum absolute atomic E-state index is 12.9. The predicted octanol–water partition coefficient (Wildman–Crippen LogP) is 3.21. The van der Waals surface area contributed by atoms with Gasteiger partial charge in [0.15, 0.2) is 5.69 Å². The average molecular weight is 404 g/mol. The Morgan fingerprint density at radius 2 is 2.07 bits per heavy atom. The molecule has 0 radical (unpaired) electrons. The largest absolute Gasteiger partial charge is 0.461 e. The third-order valence-corrected chi connectivity index (χ3v) is 5.26. The fourth-order valence-corrected chi connectivity index (χ4v) is 3.74. The number of nitrogens with one attached hydrogen (secondary N) is 1. The lowest BCUT2D eigenvalue weighted by molar-refractivity contribution is 0.0779. The molecule has 0 aliphatic carbocycles. The molecule has 0 atom stereocenters. The number of fused-ring (bicyclic) bond motifs is 1. The molecule has 0 spiro atoms. The van der Waals surface area contributed by atoms with Gasteiger partial charge in [-0.1, -0.05) is 30.3 Å². The van der Waals surface area contributed by atoms with Gasteiger partial charge in [0.05, 0.1) is 12.2 Å². The van der Waals surface area contributed by atoms with Gasteiger partial charge in [-0.3, -0.25) is 4.79 Å². The predicted molar refractivity (Wildman–Crippen MR) is 110 cm³/mol. The van der Waals surface area contributed by atoms with Gasteiger partial charge in [0.1, 0.15) is 11.3 Å². The zero-order valence-electron chi connectivity index (χ0n) is 16.2. The van der Waals surface area contributed by atoms with Crippen molar-refractivity contribution in [2.75, 3.05) is 20.1 Å². The maximum atomic E-state index is 12.9. The number of nitrogens with zero attached hydrogens (tertiary/aromatic N) is 4. The molecule has 7 nitrogen and oxygen atoms in total. The molecule has 3 aromatic rings. The lowest BCUT2D eigenvalue weighted by Gasteiger charge is -2.22. The number of benzene rings is 1. The van der Waals surface area contributed by atoms with E-state index < -0.39 is 0 Å². The fraction of sp³-hybridized carbons (Fsp3) is 0.450. The zero-order chi connectivity index (χ0) is 18.8. The Labute approximate surface area is 170 Å². The van der Waals surface area contributed by atoms with E-state index in [0.29, 0.717) is 18.3 Å². The fourth-order valence-electron chi connectivity index (χ4n) is 3.74. The van der Waals surface area contributed by atoms with Crippen LogP contribution in [-0.2, 0) is 13.0 Å². The molecular formula is C20H26ClN5O2. The Kier molecular flexibility index (Phi) is 6.36. The summed E-state index contributed by atoms with van der Waals surface area (Å²) in [5.74, 6) is 0.803. The van der Waals surface area contributed by atoms with Crippen LogP contribution in [0.5, 0.6) is 0 Å². The van der Waals surface area contributed by atoms with Crippen LogP contribution in [-0.4, -0.2) is 45.9 Å². The molecule has 1 N–H and O–H groups in total. The lowest BCUT2D eigenvalue weighted by atomic mass is 10.1. The second-order valence-corrected chi connectivity index (χ2v) is 7.08. The monoisotopic (exact) mass is 403 g/mol. The SMILES string of the molecule is CCc1oc2ccccc2c1CN(C)C(=O)c1cn(C2CCNCC2)nn1.Cl. The molecule has 0 unspecified atom stereocenters. The van der Waals surface area contributed by atoms with Crippen molar-refractivity contribution < 1.29 is 9.21 Å². The first kappa shape index (κ1) is 20.4. The van der Waals surface area contributed by atoms with Crippen molar-refractivity contribution in [3.63, 3.8) is 0 Å². The summed E-state index contributed by atoms with van der Waals surface area (Å²) in [7, 11) is 1.80. The van der Waals surface area contributed by atoms with Crippen molar-refractivity contribution >= 4 is 29.3 Å². The van der Waals surface area contributed by atoms with Gasteiger partial charge in [-0.15, -0.1) is 17.5 Å². The van der Waals surface area contributed by atoms with Gasteiger partial charge in [-0.05, 0) is 32.0 Å². The smallest absolute Gasteiger partial charge is 0.276 e. The summed E-state index contributed by atoms with van der Waals surface area (Å²) in [6.45, 7) is 4.50. The summed E-state index contributed by atoms with van der Waals surface area (Å²) in [4.78, 5) is 14.6. The van der Waals surface area contributed by atoms with Crippen LogP contribution in [0, 0.1) is 0 Å². The highest BCUT2D eigenvalue weighted by Gasteiger charge is 2.22. The summed E-state index contributed by atoms with van der Waals surface area (Å²) in [6, 6.07) is 8.27. The van der Waals surface area contributed by atoms with Gasteiger partial charge in [-0.2, -0.15) is 0 Å². The summed E-state index contributed by atoms with van der Waals surface area (Å²) in [5, 5.41) is 12.7. The highest BCUT2D eigenvalue weighted by molar-refractivity contribution is 5.92. The second kappa shape index (κ2) is 8.75. The van der Waals surface area contributed by atoms with Crippen molar-refractivity contribution in [2.24, 2.45) is 0 Å². The first-order valence-electron chi connectivity index (χ1n) is 9.54. The molecule has 1 aromatic carbocycles. The number of aromatic nitrogens is 3. The summed E-state index contributed by atoms with van der Waals surface area (Å²) in [5.41, 5.74) is 2.32. The minimum atomic E-state index is -0.123. The van der Waals surface area contributed by atoms with Crippen molar-refractivity contribution in [3.05, 3.63) is 47.5 Å². The zero-order valence-corrected chi connectivity index (χ0v) is 17.0. The number of rotatable bonds is 5. The third-order valence-electron chi connectivity index (χ3n) is 5.26. The van der Waals surface area contributed by atoms with E-state index in [0.717, 1.165) is 54.6 Å². The van der Waals surface area contributed by atoms with Crippen molar-refractivity contribution in [2.45, 2.75) is 38.8 Å². The molecule has 1 amide bonds. The Hall–Kier alpha value is -2.38. The number of amides is 1. The van der Waals surface area contributed by atoms with Crippen molar-refractivity contribution in [3.8, 4) is 0 Å². The first-order valence-corrected chi connectivity index (χ1v) is 9.54. The van der Waals surface area contributed by atoms with Gasteiger partial charge in [0.2, 0.25) is 0 Å². The van der Waals surface area contributed by atoms with Gasteiger partial charge >= 0.3 is 0 Å². The van der Waals surface area contributed by atoms with E-state index in [1.807, 2.05) is 28.9 Å². The van der Waals surface area contributed by atoms with Crippen molar-refractivity contribution in [1.82, 2.24) is 25.2 Å². The maximum Gasteiger partial charge on any atom is 0.276 e. The van der Waals surface area contributed by atoms with E-state index in [1.54, 1.807) is 18.1 Å². The van der Waals surface area contributed by atoms with Crippen LogP contribution in [0.1, 0.15) is 47.6 Å². The summed E-state index contributed by atoms with van der Waals surface area (Å²) in [6.07, 6.45) is 4.59. The minimum Gasteiger partial charge on any atom is -0.461 e. The number of hydrogen-bond acceptors (Lipinski definition) is 5. The van der Waals surface area contributed by atoms with Gasteiger partial charge in [0, 0.05) is 31.0 Å². The van der Waals surface area contributed by atoms with Crippen LogP contribution in [0.4, 0.5) is 0 Å². The Balaban J connectivity index is 0.00000225. The van der Waals surface area contributed by atoms with E-state index in [1.165, 1.54) is 0 Å². The number of furan rings is 1. The van der Waals surface area contributed by atoms with Crippen LogP contribution >= 0.6 is 12.4 Å². The molecule has 8 heteroatoms. The van der Waals surface area contributed by atoms with E-state index in [4.69, 9.17) is 4.42 Å². The molecule has 2 aromatic heterocycles. The standard InChI is InChI=1S/C20H25N5O2.ClH/c1-3-18-16(15-6-4-5-7-19(15)27-18)12-24(2)20(26)17-13-25(23-22-17)14-8-10-21-11-9-14;/h4-7,13-14,21H,3,8-12H2,1-2H3;1H. The highest BCUT2D eigenvalue weighted by Crippen LogP contribution is 2.27. The molecule has 3 heterocycles. The number of carbonyl (C=O) groups excluding carboxylic acids is 1. The number of piperidine rings is 1. The highest BCUT2D eigenvalue weighted by atomic mass is 35.5. The molecule has 1 saturated heterocycles. The molecule has 1 aliphatic rings. The lowest BCUT2D eigenvalue weighted by Crippen LogP contribution is -2.29. The second-order valence-electron chi connectivity index (χ2n) is 7.08. The molecule has 28 heavy (non-hydrogen) atoms. The van der Waals surface area contributed by atoms with E-state index in [2.05, 4.69) is 22.6 Å². The van der Waals surface area contributed by atoms with Gasteiger partial charge in [-0.25, -0.2) is 4.68 Å². The van der Waals surface area contributed by atoms with Crippen LogP contribution in [0.2, 0.25) is 0 Å². The topological polar surface area (TPSA) is 76.2 Å². The van der Waals surface area contributed by atoms with Crippen LogP contribution in [0.25, 0.3) is 11.0 Å². The van der Waals surface area contributed by atoms with Crippen molar-refractivity contribution in [1.29, 1.82) is 0 Å². The summed E-state index contributed by atoms with van der Waals surface area (Å²) >= 11 is 0. The summed E-state index contributed by atoms with van der Waals surface area (Å²) < 4.78 is 7.78. The number of aryl methyl sites for hydroxylation is 1. The van der Waals surface area contributed by atoms with E-state index in [9.17, 15) is 4.79 Å². The molecule has 150 valence electrons. The third kappa shape index (κ3) is 3.91. The molecular weight excluding hydrogens is 378 g/mol. The van der Waals surface area contributed by atoms with Crippen LogP contribution < -0.4 is 5.32 Å². The molecule has 0 bridgehead atoms.